The van der Waals surface area contributed by atoms with E-state index in [-0.39, 0.29) is 11.8 Å². The Balaban J connectivity index is 1.84. The Labute approximate surface area is 173 Å². The Morgan fingerprint density at radius 3 is 2.38 bits per heavy atom. The van der Waals surface area contributed by atoms with Crippen LogP contribution in [0.25, 0.3) is 11.1 Å². The minimum atomic E-state index is -0.494. The van der Waals surface area contributed by atoms with Crippen LogP contribution in [0.15, 0.2) is 48.8 Å². The molecule has 1 saturated heterocycles. The van der Waals surface area contributed by atoms with Gasteiger partial charge in [0, 0.05) is 39.0 Å². The number of nitrogens with zero attached hydrogens (tertiary/aromatic N) is 2. The highest BCUT2D eigenvalue weighted by Gasteiger charge is 2.42. The molecule has 0 atom stereocenters. The van der Waals surface area contributed by atoms with Crippen LogP contribution >= 0.6 is 0 Å². The molecule has 0 unspecified atom stereocenters. The average Bonchev–Trinajstić information content (AvgIpc) is 2.74. The van der Waals surface area contributed by atoms with Gasteiger partial charge in [0.25, 0.3) is 0 Å². The molecule has 29 heavy (non-hydrogen) atoms. The summed E-state index contributed by atoms with van der Waals surface area (Å²) < 4.78 is 0. The van der Waals surface area contributed by atoms with Crippen LogP contribution in [-0.4, -0.2) is 41.8 Å². The average molecular weight is 394 g/mol. The normalized spacial score (nSPS) is 15.9. The maximum absolute atomic E-state index is 13.0. The summed E-state index contributed by atoms with van der Waals surface area (Å²) in [4.78, 5) is 31.5. The number of likely N-dealkylation sites (tertiary alicyclic amines) is 1. The van der Waals surface area contributed by atoms with Gasteiger partial charge in [0.2, 0.25) is 11.8 Å². The van der Waals surface area contributed by atoms with Gasteiger partial charge >= 0.3 is 0 Å². The summed E-state index contributed by atoms with van der Waals surface area (Å²) in [5, 5.41) is 2.88. The number of pyridine rings is 1. The molecule has 0 aliphatic carbocycles. The predicted molar refractivity (Wildman–Crippen MR) is 115 cm³/mol. The SMILES string of the molecule is CNC(=O)C1(Cc2ccccc2-c2ccncc2)CCN(C(=O)CC(C)C)CC1. The van der Waals surface area contributed by atoms with Gasteiger partial charge in [0.05, 0.1) is 5.41 Å². The van der Waals surface area contributed by atoms with Gasteiger partial charge < -0.3 is 10.2 Å². The van der Waals surface area contributed by atoms with E-state index in [1.807, 2.05) is 29.2 Å². The molecule has 5 heteroatoms. The fourth-order valence-electron chi connectivity index (χ4n) is 4.26. The molecule has 2 heterocycles. The highest BCUT2D eigenvalue weighted by molar-refractivity contribution is 5.84. The molecule has 1 fully saturated rings. The molecule has 1 aliphatic rings. The van der Waals surface area contributed by atoms with Gasteiger partial charge in [-0.3, -0.25) is 14.6 Å². The second-order valence-corrected chi connectivity index (χ2v) is 8.41. The molecule has 0 spiro atoms. The zero-order valence-electron chi connectivity index (χ0n) is 17.6. The molecule has 0 saturated carbocycles. The summed E-state index contributed by atoms with van der Waals surface area (Å²) in [6.45, 7) is 5.40. The molecule has 2 aromatic rings. The van der Waals surface area contributed by atoms with Crippen LogP contribution in [-0.2, 0) is 16.0 Å². The molecule has 1 N–H and O–H groups in total. The summed E-state index contributed by atoms with van der Waals surface area (Å²) in [7, 11) is 1.70. The minimum Gasteiger partial charge on any atom is -0.359 e. The predicted octanol–water partition coefficient (Wildman–Crippen LogP) is 3.69. The summed E-state index contributed by atoms with van der Waals surface area (Å²) in [5.74, 6) is 0.612. The molecule has 1 aromatic heterocycles. The van der Waals surface area contributed by atoms with E-state index in [0.717, 1.165) is 16.7 Å². The number of benzene rings is 1. The second-order valence-electron chi connectivity index (χ2n) is 8.41. The molecule has 1 aliphatic heterocycles. The number of piperidine rings is 1. The van der Waals surface area contributed by atoms with Gasteiger partial charge in [-0.2, -0.15) is 0 Å². The molecule has 3 rings (SSSR count). The van der Waals surface area contributed by atoms with E-state index in [1.54, 1.807) is 19.4 Å². The maximum Gasteiger partial charge on any atom is 0.226 e. The largest absolute Gasteiger partial charge is 0.359 e. The van der Waals surface area contributed by atoms with Crippen molar-refractivity contribution in [1.29, 1.82) is 0 Å². The molecule has 1 aromatic carbocycles. The number of rotatable bonds is 6. The van der Waals surface area contributed by atoms with E-state index in [9.17, 15) is 9.59 Å². The lowest BCUT2D eigenvalue weighted by Gasteiger charge is -2.41. The van der Waals surface area contributed by atoms with Gasteiger partial charge in [-0.1, -0.05) is 38.1 Å². The number of aromatic nitrogens is 1. The van der Waals surface area contributed by atoms with E-state index in [4.69, 9.17) is 0 Å². The maximum atomic E-state index is 13.0. The topological polar surface area (TPSA) is 62.3 Å². The first-order chi connectivity index (χ1) is 13.9. The second kappa shape index (κ2) is 9.21. The first-order valence-corrected chi connectivity index (χ1v) is 10.4. The Hall–Kier alpha value is -2.69. The lowest BCUT2D eigenvalue weighted by atomic mass is 9.72. The standard InChI is InChI=1S/C24H31N3O2/c1-18(2)16-22(28)27-14-10-24(11-15-27,23(29)25-3)17-20-6-4-5-7-21(20)19-8-12-26-13-9-19/h4-9,12-13,18H,10-11,14-17H2,1-3H3,(H,25,29). The third-order valence-electron chi connectivity index (χ3n) is 5.90. The van der Waals surface area contributed by atoms with Crippen molar-refractivity contribution in [3.63, 3.8) is 0 Å². The van der Waals surface area contributed by atoms with E-state index in [0.29, 0.717) is 44.7 Å². The van der Waals surface area contributed by atoms with Crippen molar-refractivity contribution < 1.29 is 9.59 Å². The number of hydrogen-bond acceptors (Lipinski definition) is 3. The minimum absolute atomic E-state index is 0.0676. The van der Waals surface area contributed by atoms with Crippen molar-refractivity contribution in [1.82, 2.24) is 15.2 Å². The number of hydrogen-bond donors (Lipinski definition) is 1. The van der Waals surface area contributed by atoms with Crippen LogP contribution in [0.2, 0.25) is 0 Å². The Morgan fingerprint density at radius 2 is 1.76 bits per heavy atom. The van der Waals surface area contributed by atoms with Crippen molar-refractivity contribution in [3.05, 3.63) is 54.4 Å². The van der Waals surface area contributed by atoms with Crippen LogP contribution in [0.5, 0.6) is 0 Å². The molecular weight excluding hydrogens is 362 g/mol. The van der Waals surface area contributed by atoms with Gasteiger partial charge in [0.1, 0.15) is 0 Å². The molecule has 0 bridgehead atoms. The zero-order chi connectivity index (χ0) is 20.9. The van der Waals surface area contributed by atoms with Crippen molar-refractivity contribution in [3.8, 4) is 11.1 Å². The Kier molecular flexibility index (Phi) is 6.68. The molecule has 154 valence electrons. The zero-order valence-corrected chi connectivity index (χ0v) is 17.6. The first-order valence-electron chi connectivity index (χ1n) is 10.4. The van der Waals surface area contributed by atoms with E-state index in [2.05, 4.69) is 36.3 Å². The van der Waals surface area contributed by atoms with Crippen molar-refractivity contribution in [2.24, 2.45) is 11.3 Å². The number of nitrogens with one attached hydrogen (secondary N) is 1. The van der Waals surface area contributed by atoms with E-state index in [1.165, 1.54) is 0 Å². The quantitative estimate of drug-likeness (QED) is 0.814. The highest BCUT2D eigenvalue weighted by atomic mass is 16.2. The molecule has 2 amide bonds. The third-order valence-corrected chi connectivity index (χ3v) is 5.90. The Morgan fingerprint density at radius 1 is 1.10 bits per heavy atom. The lowest BCUT2D eigenvalue weighted by Crippen LogP contribution is -2.50. The van der Waals surface area contributed by atoms with Gasteiger partial charge in [0.15, 0.2) is 0 Å². The first kappa shape index (κ1) is 21.0. The fraction of sp³-hybridized carbons (Fsp3) is 0.458. The van der Waals surface area contributed by atoms with Crippen LogP contribution in [0.3, 0.4) is 0 Å². The number of carbonyl (C=O) groups is 2. The van der Waals surface area contributed by atoms with Gasteiger partial charge in [-0.15, -0.1) is 0 Å². The molecule has 5 nitrogen and oxygen atoms in total. The highest BCUT2D eigenvalue weighted by Crippen LogP contribution is 2.38. The van der Waals surface area contributed by atoms with Gasteiger partial charge in [-0.25, -0.2) is 0 Å². The fourth-order valence-corrected chi connectivity index (χ4v) is 4.26. The smallest absolute Gasteiger partial charge is 0.226 e. The summed E-state index contributed by atoms with van der Waals surface area (Å²) in [6, 6.07) is 12.3. The van der Waals surface area contributed by atoms with E-state index >= 15 is 0 Å². The number of carbonyl (C=O) groups excluding carboxylic acids is 2. The third kappa shape index (κ3) is 4.84. The van der Waals surface area contributed by atoms with Crippen molar-refractivity contribution in [2.45, 2.75) is 39.5 Å². The van der Waals surface area contributed by atoms with Crippen molar-refractivity contribution in [2.75, 3.05) is 20.1 Å². The van der Waals surface area contributed by atoms with E-state index < -0.39 is 5.41 Å². The van der Waals surface area contributed by atoms with Crippen LogP contribution in [0.1, 0.15) is 38.7 Å². The lowest BCUT2D eigenvalue weighted by molar-refractivity contribution is -0.140. The molecule has 0 radical (unpaired) electrons. The van der Waals surface area contributed by atoms with Crippen LogP contribution in [0.4, 0.5) is 0 Å². The van der Waals surface area contributed by atoms with Crippen LogP contribution in [0, 0.1) is 11.3 Å². The molecular formula is C24H31N3O2. The monoisotopic (exact) mass is 393 g/mol. The summed E-state index contributed by atoms with van der Waals surface area (Å²) in [6.07, 6.45) is 6.18. The van der Waals surface area contributed by atoms with Crippen LogP contribution < -0.4 is 5.32 Å². The van der Waals surface area contributed by atoms with Crippen molar-refractivity contribution >= 4 is 11.8 Å². The van der Waals surface area contributed by atoms with Gasteiger partial charge in [-0.05, 0) is 54.0 Å². The Bertz CT molecular complexity index is 840. The summed E-state index contributed by atoms with van der Waals surface area (Å²) in [5.41, 5.74) is 2.90. The summed E-state index contributed by atoms with van der Waals surface area (Å²) >= 11 is 0. The number of amides is 2.